The van der Waals surface area contributed by atoms with Gasteiger partial charge in [-0.05, 0) is 55.4 Å². The smallest absolute Gasteiger partial charge is 0.348 e. The second kappa shape index (κ2) is 15.8. The van der Waals surface area contributed by atoms with Gasteiger partial charge in [0, 0.05) is 29.4 Å². The summed E-state index contributed by atoms with van der Waals surface area (Å²) in [6.07, 6.45) is 3.75. The van der Waals surface area contributed by atoms with Gasteiger partial charge in [0.2, 0.25) is 0 Å². The van der Waals surface area contributed by atoms with Crippen molar-refractivity contribution in [3.8, 4) is 11.5 Å². The fourth-order valence-corrected chi connectivity index (χ4v) is 6.51. The Balaban J connectivity index is 1.30. The van der Waals surface area contributed by atoms with Crippen LogP contribution < -0.4 is 19.8 Å². The number of aromatic nitrogens is 1. The molecule has 0 amide bonds. The highest BCUT2D eigenvalue weighted by molar-refractivity contribution is 7.13. The first-order valence-corrected chi connectivity index (χ1v) is 16.4. The maximum absolute atomic E-state index is 13.5. The number of halogens is 2. The number of thiophene rings is 1. The lowest BCUT2D eigenvalue weighted by Crippen LogP contribution is -2.48. The number of likely N-dealkylation sites (tertiary alicyclic amines) is 1. The molecule has 0 saturated carbocycles. The van der Waals surface area contributed by atoms with Crippen LogP contribution in [0.15, 0.2) is 73.1 Å². The van der Waals surface area contributed by atoms with Crippen LogP contribution in [0.25, 0.3) is 0 Å². The number of carbonyl (C=O) groups excluding carboxylic acids is 2. The Kier molecular flexibility index (Phi) is 11.5. The molecule has 12 heteroatoms. The van der Waals surface area contributed by atoms with Crippen LogP contribution in [0.2, 0.25) is 10.0 Å². The van der Waals surface area contributed by atoms with Gasteiger partial charge < -0.3 is 18.9 Å². The minimum atomic E-state index is -0.736. The Labute approximate surface area is 282 Å². The third kappa shape index (κ3) is 8.18. The topological polar surface area (TPSA) is 100 Å². The largest absolute Gasteiger partial charge is 0.493 e. The minimum Gasteiger partial charge on any atom is -0.493 e. The summed E-state index contributed by atoms with van der Waals surface area (Å²) in [7, 11) is 5.12. The van der Waals surface area contributed by atoms with E-state index in [1.165, 1.54) is 11.3 Å². The van der Waals surface area contributed by atoms with Gasteiger partial charge in [-0.3, -0.25) is 10.2 Å². The molecule has 0 aliphatic carbocycles. The van der Waals surface area contributed by atoms with E-state index in [4.69, 9.17) is 42.1 Å². The summed E-state index contributed by atoms with van der Waals surface area (Å²) >= 11 is 14.2. The van der Waals surface area contributed by atoms with Crippen LogP contribution in [0.3, 0.4) is 0 Å². The first-order valence-electron chi connectivity index (χ1n) is 14.8. The molecule has 1 saturated heterocycles. The lowest BCUT2D eigenvalue weighted by atomic mass is 10.0. The molecule has 1 unspecified atom stereocenters. The average Bonchev–Trinajstić information content (AvgIpc) is 3.54. The lowest BCUT2D eigenvalue weighted by Gasteiger charge is -2.37. The van der Waals surface area contributed by atoms with E-state index in [1.54, 1.807) is 44.8 Å². The maximum Gasteiger partial charge on any atom is 0.348 e. The van der Waals surface area contributed by atoms with Crippen LogP contribution in [0.4, 0.5) is 0 Å². The van der Waals surface area contributed by atoms with Crippen LogP contribution in [-0.4, -0.2) is 57.3 Å². The number of rotatable bonds is 14. The number of H-pyrrole nitrogens is 1. The van der Waals surface area contributed by atoms with E-state index >= 15 is 0 Å². The summed E-state index contributed by atoms with van der Waals surface area (Å²) < 4.78 is 22.7. The first kappa shape index (κ1) is 33.7. The van der Waals surface area contributed by atoms with Crippen LogP contribution >= 0.6 is 34.5 Å². The molecule has 2 aromatic heterocycles. The van der Waals surface area contributed by atoms with E-state index in [1.807, 2.05) is 49.5 Å². The van der Waals surface area contributed by atoms with Crippen LogP contribution in [0.1, 0.15) is 49.8 Å². The predicted octanol–water partition coefficient (Wildman–Crippen LogP) is 6.11. The highest BCUT2D eigenvalue weighted by atomic mass is 35.5. The summed E-state index contributed by atoms with van der Waals surface area (Å²) in [4.78, 5) is 33.0. The molecule has 4 aromatic rings. The van der Waals surface area contributed by atoms with Gasteiger partial charge in [-0.2, -0.15) is 0 Å². The maximum atomic E-state index is 13.5. The molecule has 46 heavy (non-hydrogen) atoms. The number of likely N-dealkylation sites (N-methyl/N-ethyl adjacent to an activating group) is 1. The molecule has 1 aliphatic rings. The molecule has 0 spiro atoms. The number of ether oxygens (including phenoxy) is 4. The second-order valence-corrected chi connectivity index (χ2v) is 12.9. The molecule has 0 radical (unpaired) electrons. The summed E-state index contributed by atoms with van der Waals surface area (Å²) in [5.41, 5.74) is 2.12. The van der Waals surface area contributed by atoms with Crippen molar-refractivity contribution in [2.24, 2.45) is 0 Å². The number of methoxy groups -OCH3 is 2. The molecular formula is C34H36Cl2N3O6S+. The standard InChI is InChI=1S/C34H35Cl2N3O6S/c1-39-14-13-23(39)20-44-34(41)32(21-7-5-4-6-8-21)38-17-24-10-12-31(46-24)33(40)45-29(16-25-26(35)18-37-19-27(25)36)22-9-11-28(42-2)30(15-22)43-3/h4-12,15,18-19,23,29,32,38H,13-14,16-17,20H2,1-3H3/p+1/t23-,29+,32?/m1/s1. The van der Waals surface area contributed by atoms with Gasteiger partial charge in [0.15, 0.2) is 23.9 Å². The Morgan fingerprint density at radius 2 is 1.74 bits per heavy atom. The van der Waals surface area contributed by atoms with E-state index in [0.29, 0.717) is 50.7 Å². The van der Waals surface area contributed by atoms with Crippen LogP contribution in [0.5, 0.6) is 11.5 Å². The third-order valence-corrected chi connectivity index (χ3v) is 9.72. The Morgan fingerprint density at radius 3 is 2.39 bits per heavy atom. The average molecular weight is 686 g/mol. The molecule has 2 N–H and O–H groups in total. The van der Waals surface area contributed by atoms with Crippen molar-refractivity contribution < 1.29 is 33.5 Å². The highest BCUT2D eigenvalue weighted by Gasteiger charge is 2.29. The number of aromatic amines is 1. The minimum absolute atomic E-state index is 0.227. The van der Waals surface area contributed by atoms with Crippen molar-refractivity contribution in [3.63, 3.8) is 0 Å². The van der Waals surface area contributed by atoms with Crippen molar-refractivity contribution in [3.05, 3.63) is 110 Å². The monoisotopic (exact) mass is 684 g/mol. The number of esters is 2. The Hall–Kier alpha value is -3.67. The van der Waals surface area contributed by atoms with Crippen LogP contribution in [-0.2, 0) is 27.2 Å². The van der Waals surface area contributed by atoms with Crippen molar-refractivity contribution in [2.45, 2.75) is 37.6 Å². The summed E-state index contributed by atoms with van der Waals surface area (Å²) in [5.74, 6) is 0.200. The molecule has 0 bridgehead atoms. The number of pyridine rings is 1. The normalized spacial score (nSPS) is 15.8. The van der Waals surface area contributed by atoms with E-state index in [9.17, 15) is 9.59 Å². The SMILES string of the molecule is COc1ccc([C@H](Cc2c(Cl)c[nH+]cc2Cl)OC(=O)c2ccc(CNC(C(=O)OC[C@H]3CCN3C)c3ccccc3)s2)cc1OC. The number of hydrogen-bond donors (Lipinski definition) is 1. The highest BCUT2D eigenvalue weighted by Crippen LogP contribution is 2.36. The molecule has 3 heterocycles. The zero-order valence-corrected chi connectivity index (χ0v) is 28.1. The van der Waals surface area contributed by atoms with Gasteiger partial charge in [-0.1, -0.05) is 59.6 Å². The Morgan fingerprint density at radius 1 is 1.00 bits per heavy atom. The quantitative estimate of drug-likeness (QED) is 0.159. The van der Waals surface area contributed by atoms with Gasteiger partial charge in [0.05, 0.1) is 14.2 Å². The number of benzene rings is 2. The summed E-state index contributed by atoms with van der Waals surface area (Å²) in [6, 6.07) is 18.0. The first-order chi connectivity index (χ1) is 22.3. The lowest BCUT2D eigenvalue weighted by molar-refractivity contribution is -0.377. The van der Waals surface area contributed by atoms with Crippen molar-refractivity contribution >= 4 is 46.5 Å². The molecule has 1 fully saturated rings. The van der Waals surface area contributed by atoms with Crippen molar-refractivity contribution in [1.82, 2.24) is 10.2 Å². The van der Waals surface area contributed by atoms with E-state index < -0.39 is 18.1 Å². The number of nitrogens with zero attached hydrogens (tertiary/aromatic N) is 1. The number of hydrogen-bond acceptors (Lipinski definition) is 9. The van der Waals surface area contributed by atoms with Crippen LogP contribution in [0, 0.1) is 0 Å². The summed E-state index contributed by atoms with van der Waals surface area (Å²) in [5, 5.41) is 4.16. The molecular weight excluding hydrogens is 649 g/mol. The third-order valence-electron chi connectivity index (χ3n) is 7.98. The molecule has 1 aliphatic heterocycles. The van der Waals surface area contributed by atoms with Gasteiger partial charge in [-0.15, -0.1) is 11.3 Å². The van der Waals surface area contributed by atoms with E-state index in [2.05, 4.69) is 15.2 Å². The molecule has 2 aromatic carbocycles. The fraction of sp³-hybridized carbons (Fsp3) is 0.324. The molecule has 9 nitrogen and oxygen atoms in total. The van der Waals surface area contributed by atoms with Gasteiger partial charge in [0.25, 0.3) is 0 Å². The van der Waals surface area contributed by atoms with E-state index in [0.717, 1.165) is 23.4 Å². The molecule has 242 valence electrons. The van der Waals surface area contributed by atoms with E-state index in [-0.39, 0.29) is 18.4 Å². The second-order valence-electron chi connectivity index (χ2n) is 10.9. The molecule has 3 atom stereocenters. The molecule has 5 rings (SSSR count). The van der Waals surface area contributed by atoms with Crippen molar-refractivity contribution in [1.29, 1.82) is 0 Å². The zero-order valence-electron chi connectivity index (χ0n) is 25.8. The Bertz CT molecular complexity index is 1630. The van der Waals surface area contributed by atoms with Gasteiger partial charge in [0.1, 0.15) is 33.7 Å². The predicted molar refractivity (Wildman–Crippen MR) is 177 cm³/mol. The number of nitrogens with one attached hydrogen (secondary N) is 2. The van der Waals surface area contributed by atoms with Gasteiger partial charge in [-0.25, -0.2) is 14.6 Å². The number of carbonyl (C=O) groups is 2. The fourth-order valence-electron chi connectivity index (χ4n) is 5.13. The van der Waals surface area contributed by atoms with Gasteiger partial charge >= 0.3 is 11.9 Å². The summed E-state index contributed by atoms with van der Waals surface area (Å²) in [6.45, 7) is 1.71. The zero-order chi connectivity index (χ0) is 32.6. The van der Waals surface area contributed by atoms with Crippen molar-refractivity contribution in [2.75, 3.05) is 34.4 Å².